The molecule has 0 radical (unpaired) electrons. The predicted octanol–water partition coefficient (Wildman–Crippen LogP) is 0.892. The molecule has 0 aromatic carbocycles. The molecule has 0 aliphatic rings. The highest BCUT2D eigenvalue weighted by molar-refractivity contribution is 5.58. The van der Waals surface area contributed by atoms with E-state index in [2.05, 4.69) is 20.1 Å². The van der Waals surface area contributed by atoms with Gasteiger partial charge in [-0.05, 0) is 6.07 Å². The van der Waals surface area contributed by atoms with Crippen molar-refractivity contribution in [3.05, 3.63) is 37.1 Å². The first-order valence-corrected chi connectivity index (χ1v) is 4.64. The van der Waals surface area contributed by atoms with E-state index in [1.165, 1.54) is 6.20 Å². The molecule has 3 aromatic rings. The number of aromatic nitrogens is 5. The fourth-order valence-corrected chi connectivity index (χ4v) is 1.42. The van der Waals surface area contributed by atoms with E-state index in [0.717, 1.165) is 0 Å². The van der Waals surface area contributed by atoms with Gasteiger partial charge in [0.15, 0.2) is 11.5 Å². The van der Waals surface area contributed by atoms with Crippen LogP contribution >= 0.6 is 0 Å². The number of rotatable bonds is 1. The van der Waals surface area contributed by atoms with E-state index in [0.29, 0.717) is 17.0 Å². The average molecular weight is 213 g/mol. The fraction of sp³-hybridized carbons (Fsp3) is 0. The largest absolute Gasteiger partial charge is 0.506 e. The van der Waals surface area contributed by atoms with Crippen LogP contribution in [0.5, 0.6) is 5.75 Å². The molecule has 3 aromatic heterocycles. The summed E-state index contributed by atoms with van der Waals surface area (Å²) in [5.41, 5.74) is 1.32. The summed E-state index contributed by atoms with van der Waals surface area (Å²) in [6, 6.07) is 1.56. The van der Waals surface area contributed by atoms with Crippen molar-refractivity contribution in [2.45, 2.75) is 0 Å². The van der Waals surface area contributed by atoms with Crippen LogP contribution in [0.15, 0.2) is 37.1 Å². The number of hydrogen-bond donors (Lipinski definition) is 1. The lowest BCUT2D eigenvalue weighted by Gasteiger charge is -1.94. The van der Waals surface area contributed by atoms with Crippen LogP contribution in [0, 0.1) is 0 Å². The summed E-state index contributed by atoms with van der Waals surface area (Å²) in [5, 5.41) is 13.6. The van der Waals surface area contributed by atoms with Crippen molar-refractivity contribution in [1.82, 2.24) is 24.6 Å². The van der Waals surface area contributed by atoms with Gasteiger partial charge in [-0.25, -0.2) is 9.50 Å². The molecular formula is C10H7N5O. The number of aromatic hydroxyl groups is 1. The van der Waals surface area contributed by atoms with Crippen molar-refractivity contribution in [2.24, 2.45) is 0 Å². The van der Waals surface area contributed by atoms with Crippen LogP contribution in [0.1, 0.15) is 0 Å². The second-order valence-electron chi connectivity index (χ2n) is 3.25. The highest BCUT2D eigenvalue weighted by atomic mass is 16.3. The summed E-state index contributed by atoms with van der Waals surface area (Å²) < 4.78 is 1.62. The van der Waals surface area contributed by atoms with Gasteiger partial charge in [0, 0.05) is 24.2 Å². The molecule has 3 rings (SSSR count). The van der Waals surface area contributed by atoms with Crippen LogP contribution in [0.4, 0.5) is 0 Å². The lowest BCUT2D eigenvalue weighted by Crippen LogP contribution is -1.86. The van der Waals surface area contributed by atoms with Crippen molar-refractivity contribution in [1.29, 1.82) is 0 Å². The summed E-state index contributed by atoms with van der Waals surface area (Å²) in [6.45, 7) is 0. The lowest BCUT2D eigenvalue weighted by atomic mass is 10.3. The van der Waals surface area contributed by atoms with Gasteiger partial charge >= 0.3 is 0 Å². The lowest BCUT2D eigenvalue weighted by molar-refractivity contribution is 0.473. The van der Waals surface area contributed by atoms with Crippen LogP contribution in [0.3, 0.4) is 0 Å². The zero-order valence-corrected chi connectivity index (χ0v) is 8.15. The maximum Gasteiger partial charge on any atom is 0.183 e. The Balaban J connectivity index is 2.19. The molecule has 0 aliphatic heterocycles. The van der Waals surface area contributed by atoms with Gasteiger partial charge in [0.25, 0.3) is 0 Å². The van der Waals surface area contributed by atoms with Gasteiger partial charge in [-0.3, -0.25) is 9.97 Å². The van der Waals surface area contributed by atoms with Crippen molar-refractivity contribution in [3.8, 4) is 17.1 Å². The van der Waals surface area contributed by atoms with Gasteiger partial charge in [-0.2, -0.15) is 0 Å². The molecule has 6 heteroatoms. The van der Waals surface area contributed by atoms with E-state index in [9.17, 15) is 5.11 Å². The standard InChI is InChI=1S/C10H7N5O/c16-8-3-7(4-12-5-8)10-13-9-6-11-1-2-15(9)14-10/h1-6,16H. The minimum absolute atomic E-state index is 0.0921. The smallest absolute Gasteiger partial charge is 0.183 e. The van der Waals surface area contributed by atoms with Gasteiger partial charge < -0.3 is 5.11 Å². The molecule has 1 N–H and O–H groups in total. The first-order chi connectivity index (χ1) is 7.83. The topological polar surface area (TPSA) is 76.2 Å². The Bertz CT molecular complexity index is 615. The second kappa shape index (κ2) is 3.27. The maximum atomic E-state index is 9.31. The minimum atomic E-state index is 0.0921. The second-order valence-corrected chi connectivity index (χ2v) is 3.25. The first kappa shape index (κ1) is 8.78. The monoisotopic (exact) mass is 213 g/mol. The normalized spacial score (nSPS) is 10.8. The number of fused-ring (bicyclic) bond motifs is 1. The van der Waals surface area contributed by atoms with Crippen molar-refractivity contribution >= 4 is 5.65 Å². The molecule has 0 aliphatic carbocycles. The quantitative estimate of drug-likeness (QED) is 0.649. The van der Waals surface area contributed by atoms with Crippen molar-refractivity contribution < 1.29 is 5.11 Å². The summed E-state index contributed by atoms with van der Waals surface area (Å²) in [5.74, 6) is 0.603. The van der Waals surface area contributed by atoms with Gasteiger partial charge in [0.1, 0.15) is 5.75 Å². The summed E-state index contributed by atoms with van der Waals surface area (Å²) in [6.07, 6.45) is 7.92. The summed E-state index contributed by atoms with van der Waals surface area (Å²) in [4.78, 5) is 12.1. The molecule has 0 saturated heterocycles. The van der Waals surface area contributed by atoms with Crippen LogP contribution in [-0.2, 0) is 0 Å². The Morgan fingerprint density at radius 2 is 2.06 bits per heavy atom. The third-order valence-corrected chi connectivity index (χ3v) is 2.12. The Morgan fingerprint density at radius 1 is 1.12 bits per heavy atom. The first-order valence-electron chi connectivity index (χ1n) is 4.64. The SMILES string of the molecule is Oc1cncc(-c2nc3cnccn3n2)c1. The third-order valence-electron chi connectivity index (χ3n) is 2.12. The molecule has 0 bridgehead atoms. The molecule has 16 heavy (non-hydrogen) atoms. The summed E-state index contributed by atoms with van der Waals surface area (Å²) in [7, 11) is 0. The molecular weight excluding hydrogens is 206 g/mol. The Labute approximate surface area is 90.2 Å². The molecule has 0 unspecified atom stereocenters. The number of hydrogen-bond acceptors (Lipinski definition) is 5. The zero-order valence-electron chi connectivity index (χ0n) is 8.15. The van der Waals surface area contributed by atoms with E-state index >= 15 is 0 Å². The molecule has 0 spiro atoms. The zero-order chi connectivity index (χ0) is 11.0. The van der Waals surface area contributed by atoms with Crippen LogP contribution < -0.4 is 0 Å². The van der Waals surface area contributed by atoms with Gasteiger partial charge in [-0.1, -0.05) is 0 Å². The van der Waals surface area contributed by atoms with Gasteiger partial charge in [0.2, 0.25) is 0 Å². The summed E-state index contributed by atoms with van der Waals surface area (Å²) >= 11 is 0. The average Bonchev–Trinajstić information content (AvgIpc) is 2.72. The van der Waals surface area contributed by atoms with E-state index < -0.39 is 0 Å². The van der Waals surface area contributed by atoms with E-state index in [1.54, 1.807) is 35.4 Å². The third kappa shape index (κ3) is 1.36. The molecule has 3 heterocycles. The molecule has 6 nitrogen and oxygen atoms in total. The van der Waals surface area contributed by atoms with E-state index in [4.69, 9.17) is 0 Å². The molecule has 0 fully saturated rings. The fourth-order valence-electron chi connectivity index (χ4n) is 1.42. The predicted molar refractivity (Wildman–Crippen MR) is 55.7 cm³/mol. The van der Waals surface area contributed by atoms with Crippen LogP contribution in [-0.4, -0.2) is 29.7 Å². The highest BCUT2D eigenvalue weighted by Gasteiger charge is 2.06. The number of pyridine rings is 1. The number of nitrogens with zero attached hydrogens (tertiary/aromatic N) is 5. The van der Waals surface area contributed by atoms with Crippen molar-refractivity contribution in [3.63, 3.8) is 0 Å². The molecule has 0 amide bonds. The maximum absolute atomic E-state index is 9.31. The Kier molecular flexibility index (Phi) is 1.79. The van der Waals surface area contributed by atoms with E-state index in [1.807, 2.05) is 0 Å². The van der Waals surface area contributed by atoms with Crippen LogP contribution in [0.2, 0.25) is 0 Å². The Morgan fingerprint density at radius 3 is 2.88 bits per heavy atom. The minimum Gasteiger partial charge on any atom is -0.506 e. The molecule has 0 atom stereocenters. The molecule has 0 saturated carbocycles. The van der Waals surface area contributed by atoms with Crippen LogP contribution in [0.25, 0.3) is 17.0 Å². The Hall–Kier alpha value is -2.50. The van der Waals surface area contributed by atoms with Gasteiger partial charge in [0.05, 0.1) is 12.4 Å². The van der Waals surface area contributed by atoms with E-state index in [-0.39, 0.29) is 5.75 Å². The van der Waals surface area contributed by atoms with Crippen molar-refractivity contribution in [2.75, 3.05) is 0 Å². The highest BCUT2D eigenvalue weighted by Crippen LogP contribution is 2.18. The molecule has 78 valence electrons. The van der Waals surface area contributed by atoms with Gasteiger partial charge in [-0.15, -0.1) is 5.10 Å².